The molecule has 3 N–H and O–H groups in total. The Labute approximate surface area is 241 Å². The zero-order valence-corrected chi connectivity index (χ0v) is 24.1. The monoisotopic (exact) mass is 560 g/mol. The molecule has 0 saturated carbocycles. The number of nitrogen functional groups attached to an aromatic ring is 1. The first-order chi connectivity index (χ1) is 19.6. The van der Waals surface area contributed by atoms with Crippen LogP contribution in [0.3, 0.4) is 0 Å². The Morgan fingerprint density at radius 2 is 1.76 bits per heavy atom. The average molecular weight is 561 g/mol. The van der Waals surface area contributed by atoms with Crippen molar-refractivity contribution in [3.05, 3.63) is 60.2 Å². The number of aromatic hydroxyl groups is 1. The highest BCUT2D eigenvalue weighted by Crippen LogP contribution is 2.32. The van der Waals surface area contributed by atoms with Crippen molar-refractivity contribution in [2.24, 2.45) is 0 Å². The van der Waals surface area contributed by atoms with Crippen molar-refractivity contribution in [1.29, 1.82) is 0 Å². The Kier molecular flexibility index (Phi) is 8.49. The Hall–Kier alpha value is -4.05. The lowest BCUT2D eigenvalue weighted by atomic mass is 10.1. The van der Waals surface area contributed by atoms with Crippen LogP contribution in [0, 0.1) is 0 Å². The summed E-state index contributed by atoms with van der Waals surface area (Å²) in [5.74, 6) is 0.862. The number of nitrogens with zero attached hydrogens (tertiary/aromatic N) is 5. The number of piperazine rings is 1. The van der Waals surface area contributed by atoms with Gasteiger partial charge in [0.15, 0.2) is 11.6 Å². The van der Waals surface area contributed by atoms with Crippen molar-refractivity contribution in [3.8, 4) is 22.8 Å². The minimum Gasteiger partial charge on any atom is -0.507 e. The molecule has 2 aliphatic heterocycles. The number of phenols is 1. The van der Waals surface area contributed by atoms with E-state index in [-0.39, 0.29) is 23.8 Å². The number of phenolic OH excluding ortho intramolecular Hbond substituents is 1. The second kappa shape index (κ2) is 12.2. The summed E-state index contributed by atoms with van der Waals surface area (Å²) < 4.78 is 11.8. The number of carbonyl (C=O) groups is 1. The summed E-state index contributed by atoms with van der Waals surface area (Å²) in [4.78, 5) is 18.9. The summed E-state index contributed by atoms with van der Waals surface area (Å²) >= 11 is 0. The van der Waals surface area contributed by atoms with Gasteiger partial charge in [0.1, 0.15) is 23.1 Å². The number of amides is 1. The van der Waals surface area contributed by atoms with Gasteiger partial charge in [-0.2, -0.15) is 0 Å². The highest BCUT2D eigenvalue weighted by atomic mass is 16.6. The van der Waals surface area contributed by atoms with Gasteiger partial charge in [0.25, 0.3) is 0 Å². The number of likely N-dealkylation sites (tertiary alicyclic amines) is 1. The zero-order chi connectivity index (χ0) is 29.0. The molecule has 2 fully saturated rings. The number of carbonyl (C=O) groups excluding carboxylic acids is 1. The van der Waals surface area contributed by atoms with E-state index in [1.165, 1.54) is 11.3 Å². The molecule has 1 aromatic heterocycles. The molecule has 10 nitrogen and oxygen atoms in total. The number of aromatic nitrogens is 2. The highest BCUT2D eigenvalue weighted by molar-refractivity contribution is 5.69. The Morgan fingerprint density at radius 1 is 1.02 bits per heavy atom. The topological polar surface area (TPSA) is 117 Å². The second-order valence-corrected chi connectivity index (χ2v) is 11.7. The predicted octanol–water partition coefficient (Wildman–Crippen LogP) is 4.53. The van der Waals surface area contributed by atoms with E-state index in [1.54, 1.807) is 29.2 Å². The predicted molar refractivity (Wildman–Crippen MR) is 159 cm³/mol. The molecule has 0 bridgehead atoms. The van der Waals surface area contributed by atoms with Crippen LogP contribution in [0.2, 0.25) is 0 Å². The molecule has 3 aromatic rings. The van der Waals surface area contributed by atoms with Gasteiger partial charge in [-0.25, -0.2) is 4.79 Å². The van der Waals surface area contributed by atoms with E-state index in [1.807, 2.05) is 26.8 Å². The maximum absolute atomic E-state index is 12.4. The molecular formula is C31H40N6O4. The number of rotatable bonds is 6. The van der Waals surface area contributed by atoms with Crippen LogP contribution in [-0.2, 0) is 11.3 Å². The number of hydrogen-bond acceptors (Lipinski definition) is 9. The Bertz CT molecular complexity index is 1340. The quantitative estimate of drug-likeness (QED) is 0.448. The standard InChI is InChI=1S/C31H40N6O4/c1-31(2,3)41-30(39)37-17-15-36(16-18-37)23-12-10-22(11-13-23)20-35-14-6-7-24(21-35)40-28-19-26(33-34-29(28)32)25-8-4-5-9-27(25)38/h4-5,8-13,19,24,38H,6-7,14-18,20-21H2,1-3H3,(H2,32,34). The molecule has 41 heavy (non-hydrogen) atoms. The van der Waals surface area contributed by atoms with E-state index in [4.69, 9.17) is 15.2 Å². The van der Waals surface area contributed by atoms with E-state index < -0.39 is 5.60 Å². The Morgan fingerprint density at radius 3 is 2.46 bits per heavy atom. The van der Waals surface area contributed by atoms with Gasteiger partial charge in [0.05, 0.1) is 0 Å². The van der Waals surface area contributed by atoms with Gasteiger partial charge in [-0.1, -0.05) is 24.3 Å². The van der Waals surface area contributed by atoms with Crippen molar-refractivity contribution in [2.75, 3.05) is 49.9 Å². The summed E-state index contributed by atoms with van der Waals surface area (Å²) in [6, 6.07) is 17.5. The highest BCUT2D eigenvalue weighted by Gasteiger charge is 2.26. The largest absolute Gasteiger partial charge is 0.507 e. The summed E-state index contributed by atoms with van der Waals surface area (Å²) in [6.45, 7) is 11.1. The second-order valence-electron chi connectivity index (χ2n) is 11.7. The number of ether oxygens (including phenoxy) is 2. The lowest BCUT2D eigenvalue weighted by Gasteiger charge is -2.37. The lowest BCUT2D eigenvalue weighted by molar-refractivity contribution is 0.0240. The molecule has 0 radical (unpaired) electrons. The minimum absolute atomic E-state index is 0.0204. The number of piperidine rings is 1. The first-order valence-corrected chi connectivity index (χ1v) is 14.3. The van der Waals surface area contributed by atoms with Crippen molar-refractivity contribution in [1.82, 2.24) is 20.0 Å². The van der Waals surface area contributed by atoms with E-state index >= 15 is 0 Å². The van der Waals surface area contributed by atoms with Crippen LogP contribution in [0.25, 0.3) is 11.3 Å². The van der Waals surface area contributed by atoms with Crippen LogP contribution in [0.4, 0.5) is 16.3 Å². The minimum atomic E-state index is -0.481. The van der Waals surface area contributed by atoms with Gasteiger partial charge in [0.2, 0.25) is 0 Å². The first kappa shape index (κ1) is 28.5. The van der Waals surface area contributed by atoms with Crippen molar-refractivity contribution < 1.29 is 19.4 Å². The average Bonchev–Trinajstić information content (AvgIpc) is 2.94. The molecule has 1 atom stereocenters. The molecule has 2 aliphatic rings. The summed E-state index contributed by atoms with van der Waals surface area (Å²) in [7, 11) is 0. The van der Waals surface area contributed by atoms with Crippen LogP contribution in [0.1, 0.15) is 39.2 Å². The number of anilines is 2. The van der Waals surface area contributed by atoms with Gasteiger partial charge in [-0.3, -0.25) is 4.90 Å². The summed E-state index contributed by atoms with van der Waals surface area (Å²) in [5, 5.41) is 18.4. The van der Waals surface area contributed by atoms with Gasteiger partial charge < -0.3 is 30.1 Å². The smallest absolute Gasteiger partial charge is 0.410 e. The molecule has 0 aliphatic carbocycles. The normalized spacial score (nSPS) is 18.3. The zero-order valence-electron chi connectivity index (χ0n) is 24.1. The Balaban J connectivity index is 1.14. The molecule has 2 aromatic carbocycles. The van der Waals surface area contributed by atoms with E-state index in [0.717, 1.165) is 45.6 Å². The molecule has 3 heterocycles. The molecule has 5 rings (SSSR count). The fourth-order valence-corrected chi connectivity index (χ4v) is 5.28. The molecule has 1 amide bonds. The van der Waals surface area contributed by atoms with Crippen LogP contribution in [-0.4, -0.2) is 82.2 Å². The maximum atomic E-state index is 12.4. The van der Waals surface area contributed by atoms with Gasteiger partial charge in [-0.15, -0.1) is 10.2 Å². The SMILES string of the molecule is CC(C)(C)OC(=O)N1CCN(c2ccc(CN3CCCC(Oc4cc(-c5ccccc5O)nnc4N)C3)cc2)CC1. The van der Waals surface area contributed by atoms with Crippen LogP contribution in [0.5, 0.6) is 11.5 Å². The number of hydrogen-bond donors (Lipinski definition) is 2. The maximum Gasteiger partial charge on any atom is 0.410 e. The third kappa shape index (κ3) is 7.38. The summed E-state index contributed by atoms with van der Waals surface area (Å²) in [6.07, 6.45) is 1.69. The first-order valence-electron chi connectivity index (χ1n) is 14.3. The molecule has 10 heteroatoms. The molecule has 218 valence electrons. The molecule has 1 unspecified atom stereocenters. The van der Waals surface area contributed by atoms with Gasteiger partial charge in [0, 0.05) is 56.6 Å². The van der Waals surface area contributed by atoms with Gasteiger partial charge in [-0.05, 0) is 70.0 Å². The van der Waals surface area contributed by atoms with Crippen molar-refractivity contribution >= 4 is 17.6 Å². The van der Waals surface area contributed by atoms with E-state index in [2.05, 4.69) is 44.3 Å². The van der Waals surface area contributed by atoms with Gasteiger partial charge >= 0.3 is 6.09 Å². The number of benzene rings is 2. The fraction of sp³-hybridized carbons (Fsp3) is 0.452. The van der Waals surface area contributed by atoms with Crippen molar-refractivity contribution in [3.63, 3.8) is 0 Å². The van der Waals surface area contributed by atoms with E-state index in [9.17, 15) is 9.90 Å². The lowest BCUT2D eigenvalue weighted by Crippen LogP contribution is -2.50. The van der Waals surface area contributed by atoms with E-state index in [0.29, 0.717) is 30.1 Å². The third-order valence-electron chi connectivity index (χ3n) is 7.36. The molecular weight excluding hydrogens is 520 g/mol. The van der Waals surface area contributed by atoms with Crippen LogP contribution in [0.15, 0.2) is 54.6 Å². The summed E-state index contributed by atoms with van der Waals surface area (Å²) in [5.41, 5.74) is 9.13. The fourth-order valence-electron chi connectivity index (χ4n) is 5.28. The van der Waals surface area contributed by atoms with Crippen LogP contribution < -0.4 is 15.4 Å². The van der Waals surface area contributed by atoms with Crippen LogP contribution >= 0.6 is 0 Å². The third-order valence-corrected chi connectivity index (χ3v) is 7.36. The number of para-hydroxylation sites is 1. The van der Waals surface area contributed by atoms with Crippen molar-refractivity contribution in [2.45, 2.75) is 51.9 Å². The molecule has 2 saturated heterocycles. The number of nitrogens with two attached hydrogens (primary N) is 1. The molecule has 0 spiro atoms.